The van der Waals surface area contributed by atoms with Crippen LogP contribution in [0.5, 0.6) is 0 Å². The first-order valence-electron chi connectivity index (χ1n) is 6.81. The fourth-order valence-corrected chi connectivity index (χ4v) is 2.53. The molecule has 1 saturated heterocycles. The third-order valence-corrected chi connectivity index (χ3v) is 4.09. The van der Waals surface area contributed by atoms with Crippen LogP contribution in [0.4, 0.5) is 5.69 Å². The van der Waals surface area contributed by atoms with Gasteiger partial charge in [-0.2, -0.15) is 0 Å². The Morgan fingerprint density at radius 3 is 2.26 bits per heavy atom. The van der Waals surface area contributed by atoms with E-state index in [9.17, 15) is 9.90 Å². The maximum atomic E-state index is 11.3. The standard InChI is InChI=1S/C16H23NO2/c1-15(2,3)12-5-7-13(8-6-12)17-10-9-16(4,11-17)14(18)19/h5-8H,9-11H2,1-4H3,(H,18,19). The Morgan fingerprint density at radius 1 is 1.26 bits per heavy atom. The highest BCUT2D eigenvalue weighted by atomic mass is 16.4. The van der Waals surface area contributed by atoms with E-state index in [1.54, 1.807) is 0 Å². The number of carboxylic acids is 1. The highest BCUT2D eigenvalue weighted by Gasteiger charge is 2.40. The average Bonchev–Trinajstić information content (AvgIpc) is 2.72. The Hall–Kier alpha value is -1.51. The Bertz CT molecular complexity index is 473. The van der Waals surface area contributed by atoms with E-state index in [1.165, 1.54) is 5.56 Å². The third kappa shape index (κ3) is 2.75. The monoisotopic (exact) mass is 261 g/mol. The second-order valence-electron chi connectivity index (χ2n) is 6.83. The van der Waals surface area contributed by atoms with Crippen LogP contribution in [0.25, 0.3) is 0 Å². The van der Waals surface area contributed by atoms with Gasteiger partial charge in [-0.1, -0.05) is 32.9 Å². The molecular formula is C16H23NO2. The minimum absolute atomic E-state index is 0.152. The van der Waals surface area contributed by atoms with Crippen molar-refractivity contribution in [3.8, 4) is 0 Å². The van der Waals surface area contributed by atoms with E-state index < -0.39 is 11.4 Å². The Balaban J connectivity index is 2.15. The van der Waals surface area contributed by atoms with Gasteiger partial charge in [-0.05, 0) is 36.5 Å². The summed E-state index contributed by atoms with van der Waals surface area (Å²) >= 11 is 0. The minimum atomic E-state index is -0.693. The lowest BCUT2D eigenvalue weighted by Crippen LogP contribution is -2.31. The van der Waals surface area contributed by atoms with Gasteiger partial charge in [-0.3, -0.25) is 4.79 Å². The molecule has 0 aliphatic carbocycles. The molecular weight excluding hydrogens is 238 g/mol. The van der Waals surface area contributed by atoms with Crippen molar-refractivity contribution >= 4 is 11.7 Å². The Morgan fingerprint density at radius 2 is 1.84 bits per heavy atom. The fourth-order valence-electron chi connectivity index (χ4n) is 2.53. The van der Waals surface area contributed by atoms with E-state index in [-0.39, 0.29) is 5.41 Å². The van der Waals surface area contributed by atoms with Crippen molar-refractivity contribution in [1.82, 2.24) is 0 Å². The Labute approximate surface area is 115 Å². The first-order chi connectivity index (χ1) is 8.72. The summed E-state index contributed by atoms with van der Waals surface area (Å²) in [7, 11) is 0. The van der Waals surface area contributed by atoms with Crippen LogP contribution in [-0.2, 0) is 10.2 Å². The summed E-state index contributed by atoms with van der Waals surface area (Å²) in [5, 5.41) is 9.26. The molecule has 0 spiro atoms. The van der Waals surface area contributed by atoms with Crippen molar-refractivity contribution < 1.29 is 9.90 Å². The molecule has 1 aliphatic rings. The molecule has 19 heavy (non-hydrogen) atoms. The van der Waals surface area contributed by atoms with Crippen LogP contribution >= 0.6 is 0 Å². The second kappa shape index (κ2) is 4.55. The molecule has 1 heterocycles. The van der Waals surface area contributed by atoms with Crippen molar-refractivity contribution in [2.24, 2.45) is 5.41 Å². The highest BCUT2D eigenvalue weighted by molar-refractivity contribution is 5.76. The number of hydrogen-bond acceptors (Lipinski definition) is 2. The molecule has 0 bridgehead atoms. The quantitative estimate of drug-likeness (QED) is 0.888. The lowest BCUT2D eigenvalue weighted by molar-refractivity contribution is -0.146. The summed E-state index contributed by atoms with van der Waals surface area (Å²) in [5.41, 5.74) is 1.97. The van der Waals surface area contributed by atoms with Gasteiger partial charge in [0.15, 0.2) is 0 Å². The molecule has 1 aliphatic heterocycles. The van der Waals surface area contributed by atoms with Gasteiger partial charge in [-0.15, -0.1) is 0 Å². The predicted octanol–water partition coefficient (Wildman–Crippen LogP) is 3.29. The molecule has 1 N–H and O–H groups in total. The molecule has 1 aromatic rings. The zero-order chi connectivity index (χ0) is 14.3. The summed E-state index contributed by atoms with van der Waals surface area (Å²) in [6, 6.07) is 8.50. The van der Waals surface area contributed by atoms with Crippen LogP contribution in [-0.4, -0.2) is 24.2 Å². The number of rotatable bonds is 2. The summed E-state index contributed by atoms with van der Waals surface area (Å²) in [4.78, 5) is 13.4. The average molecular weight is 261 g/mol. The summed E-state index contributed by atoms with van der Waals surface area (Å²) in [5.74, 6) is -0.693. The first-order valence-corrected chi connectivity index (χ1v) is 6.81. The highest BCUT2D eigenvalue weighted by Crippen LogP contribution is 2.34. The number of benzene rings is 1. The van der Waals surface area contributed by atoms with Crippen LogP contribution in [0.2, 0.25) is 0 Å². The normalized spacial score (nSPS) is 23.7. The summed E-state index contributed by atoms with van der Waals surface area (Å²) in [6.45, 7) is 9.83. The first kappa shape index (κ1) is 13.9. The number of hydrogen-bond donors (Lipinski definition) is 1. The second-order valence-corrected chi connectivity index (χ2v) is 6.83. The van der Waals surface area contributed by atoms with E-state index in [0.29, 0.717) is 13.0 Å². The third-order valence-electron chi connectivity index (χ3n) is 4.09. The minimum Gasteiger partial charge on any atom is -0.481 e. The molecule has 1 unspecified atom stereocenters. The number of nitrogens with zero attached hydrogens (tertiary/aromatic N) is 1. The van der Waals surface area contributed by atoms with Crippen LogP contribution in [0, 0.1) is 5.41 Å². The Kier molecular flexibility index (Phi) is 3.33. The van der Waals surface area contributed by atoms with E-state index in [0.717, 1.165) is 12.2 Å². The summed E-state index contributed by atoms with van der Waals surface area (Å²) in [6.07, 6.45) is 0.712. The maximum absolute atomic E-state index is 11.3. The number of carboxylic acid groups (broad SMARTS) is 1. The van der Waals surface area contributed by atoms with Crippen molar-refractivity contribution in [2.75, 3.05) is 18.0 Å². The predicted molar refractivity (Wildman–Crippen MR) is 77.7 cm³/mol. The smallest absolute Gasteiger partial charge is 0.311 e. The van der Waals surface area contributed by atoms with Gasteiger partial charge >= 0.3 is 5.97 Å². The van der Waals surface area contributed by atoms with Gasteiger partial charge in [0, 0.05) is 18.8 Å². The van der Waals surface area contributed by atoms with Crippen molar-refractivity contribution in [3.05, 3.63) is 29.8 Å². The molecule has 3 heteroatoms. The molecule has 1 fully saturated rings. The molecule has 0 saturated carbocycles. The SMILES string of the molecule is CC1(C(=O)O)CCN(c2ccc(C(C)(C)C)cc2)C1. The molecule has 2 rings (SSSR count). The van der Waals surface area contributed by atoms with E-state index in [1.807, 2.05) is 6.92 Å². The van der Waals surface area contributed by atoms with E-state index in [4.69, 9.17) is 0 Å². The molecule has 3 nitrogen and oxygen atoms in total. The van der Waals surface area contributed by atoms with Gasteiger partial charge in [0.25, 0.3) is 0 Å². The van der Waals surface area contributed by atoms with E-state index >= 15 is 0 Å². The van der Waals surface area contributed by atoms with Crippen molar-refractivity contribution in [3.63, 3.8) is 0 Å². The number of aliphatic carboxylic acids is 1. The zero-order valence-corrected chi connectivity index (χ0v) is 12.2. The largest absolute Gasteiger partial charge is 0.481 e. The van der Waals surface area contributed by atoms with Gasteiger partial charge in [-0.25, -0.2) is 0 Å². The van der Waals surface area contributed by atoms with Crippen molar-refractivity contribution in [1.29, 1.82) is 0 Å². The number of anilines is 1. The zero-order valence-electron chi connectivity index (χ0n) is 12.2. The molecule has 0 aromatic heterocycles. The molecule has 0 radical (unpaired) electrons. The molecule has 0 amide bonds. The van der Waals surface area contributed by atoms with Crippen molar-refractivity contribution in [2.45, 2.75) is 39.5 Å². The van der Waals surface area contributed by atoms with Crippen LogP contribution in [0.15, 0.2) is 24.3 Å². The van der Waals surface area contributed by atoms with Gasteiger partial charge in [0.05, 0.1) is 5.41 Å². The van der Waals surface area contributed by atoms with Gasteiger partial charge in [0.1, 0.15) is 0 Å². The van der Waals surface area contributed by atoms with Crippen LogP contribution < -0.4 is 4.90 Å². The topological polar surface area (TPSA) is 40.5 Å². The van der Waals surface area contributed by atoms with Crippen LogP contribution in [0.1, 0.15) is 39.7 Å². The number of carbonyl (C=O) groups is 1. The summed E-state index contributed by atoms with van der Waals surface area (Å²) < 4.78 is 0. The van der Waals surface area contributed by atoms with Crippen LogP contribution in [0.3, 0.4) is 0 Å². The molecule has 104 valence electrons. The maximum Gasteiger partial charge on any atom is 0.311 e. The van der Waals surface area contributed by atoms with Gasteiger partial charge < -0.3 is 10.0 Å². The molecule has 1 atom stereocenters. The molecule has 1 aromatic carbocycles. The fraction of sp³-hybridized carbons (Fsp3) is 0.562. The lowest BCUT2D eigenvalue weighted by Gasteiger charge is -2.24. The van der Waals surface area contributed by atoms with E-state index in [2.05, 4.69) is 49.9 Å². The lowest BCUT2D eigenvalue weighted by atomic mass is 9.87. The van der Waals surface area contributed by atoms with Gasteiger partial charge in [0.2, 0.25) is 0 Å².